The molecule has 1 aromatic heterocycles. The number of halogens is 1. The average Bonchev–Trinajstić information content (AvgIpc) is 2.78. The highest BCUT2D eigenvalue weighted by atomic mass is 35.5. The standard InChI is InChI=1S/C12H11ClN2O2/c1-17-12(16)6-10-7-15(8-14-10)11-4-2-9(13)3-5-11/h2-5,7-8H,6H2,1H3. The highest BCUT2D eigenvalue weighted by molar-refractivity contribution is 6.30. The van der Waals surface area contributed by atoms with Crippen LogP contribution >= 0.6 is 11.6 Å². The van der Waals surface area contributed by atoms with Crippen LogP contribution in [0.25, 0.3) is 5.69 Å². The molecule has 0 radical (unpaired) electrons. The van der Waals surface area contributed by atoms with Crippen molar-refractivity contribution in [3.63, 3.8) is 0 Å². The molecule has 0 fully saturated rings. The Morgan fingerprint density at radius 1 is 1.41 bits per heavy atom. The van der Waals surface area contributed by atoms with Gasteiger partial charge in [-0.15, -0.1) is 0 Å². The maximum absolute atomic E-state index is 11.1. The highest BCUT2D eigenvalue weighted by Crippen LogP contribution is 2.13. The molecule has 0 bridgehead atoms. The second-order valence-corrected chi connectivity index (χ2v) is 3.94. The minimum atomic E-state index is -0.300. The lowest BCUT2D eigenvalue weighted by Crippen LogP contribution is -2.04. The van der Waals surface area contributed by atoms with Gasteiger partial charge in [0.25, 0.3) is 0 Å². The number of aromatic nitrogens is 2. The molecule has 5 heteroatoms. The molecule has 2 aromatic rings. The van der Waals surface area contributed by atoms with E-state index in [0.717, 1.165) is 5.69 Å². The molecule has 0 saturated heterocycles. The van der Waals surface area contributed by atoms with Crippen LogP contribution in [0.4, 0.5) is 0 Å². The summed E-state index contributed by atoms with van der Waals surface area (Å²) in [7, 11) is 1.36. The number of hydrogen-bond donors (Lipinski definition) is 0. The lowest BCUT2D eigenvalue weighted by atomic mass is 10.3. The minimum absolute atomic E-state index is 0.178. The third-order valence-corrected chi connectivity index (χ3v) is 2.57. The summed E-state index contributed by atoms with van der Waals surface area (Å²) in [6.45, 7) is 0. The van der Waals surface area contributed by atoms with Crippen molar-refractivity contribution in [3.8, 4) is 5.69 Å². The van der Waals surface area contributed by atoms with E-state index in [1.807, 2.05) is 16.7 Å². The second kappa shape index (κ2) is 5.01. The highest BCUT2D eigenvalue weighted by Gasteiger charge is 2.06. The van der Waals surface area contributed by atoms with E-state index in [9.17, 15) is 4.79 Å². The van der Waals surface area contributed by atoms with Gasteiger partial charge in [0.2, 0.25) is 0 Å². The van der Waals surface area contributed by atoms with E-state index in [0.29, 0.717) is 10.7 Å². The number of ether oxygens (including phenoxy) is 1. The third kappa shape index (κ3) is 2.85. The van der Waals surface area contributed by atoms with Gasteiger partial charge in [0.1, 0.15) is 0 Å². The molecule has 1 heterocycles. The smallest absolute Gasteiger partial charge is 0.311 e. The normalized spacial score (nSPS) is 10.2. The number of benzene rings is 1. The van der Waals surface area contributed by atoms with Crippen molar-refractivity contribution in [2.45, 2.75) is 6.42 Å². The molecule has 17 heavy (non-hydrogen) atoms. The zero-order valence-electron chi connectivity index (χ0n) is 9.26. The number of rotatable bonds is 3. The molecule has 0 N–H and O–H groups in total. The number of carbonyl (C=O) groups is 1. The summed E-state index contributed by atoms with van der Waals surface area (Å²) in [5.74, 6) is -0.300. The van der Waals surface area contributed by atoms with E-state index < -0.39 is 0 Å². The van der Waals surface area contributed by atoms with Crippen molar-refractivity contribution >= 4 is 17.6 Å². The molecule has 0 aliphatic heterocycles. The molecule has 88 valence electrons. The van der Waals surface area contributed by atoms with Crippen molar-refractivity contribution in [2.24, 2.45) is 0 Å². The monoisotopic (exact) mass is 250 g/mol. The van der Waals surface area contributed by atoms with Crippen LogP contribution in [-0.4, -0.2) is 22.6 Å². The number of methoxy groups -OCH3 is 1. The molecular formula is C12H11ClN2O2. The van der Waals surface area contributed by atoms with E-state index in [1.165, 1.54) is 7.11 Å². The van der Waals surface area contributed by atoms with Gasteiger partial charge in [-0.2, -0.15) is 0 Å². The summed E-state index contributed by atoms with van der Waals surface area (Å²) in [6.07, 6.45) is 3.62. The maximum atomic E-state index is 11.1. The molecule has 0 aliphatic carbocycles. The third-order valence-electron chi connectivity index (χ3n) is 2.31. The van der Waals surface area contributed by atoms with Crippen LogP contribution in [-0.2, 0) is 16.0 Å². The first-order chi connectivity index (χ1) is 8.19. The van der Waals surface area contributed by atoms with Gasteiger partial charge in [-0.3, -0.25) is 4.79 Å². The summed E-state index contributed by atoms with van der Waals surface area (Å²) in [5.41, 5.74) is 1.62. The molecule has 1 aromatic carbocycles. The van der Waals surface area contributed by atoms with Crippen LogP contribution in [0.5, 0.6) is 0 Å². The van der Waals surface area contributed by atoms with Crippen LogP contribution in [0.3, 0.4) is 0 Å². The molecule has 0 saturated carbocycles. The number of hydrogen-bond acceptors (Lipinski definition) is 3. The van der Waals surface area contributed by atoms with E-state index in [-0.39, 0.29) is 12.4 Å². The first-order valence-corrected chi connectivity index (χ1v) is 5.42. The van der Waals surface area contributed by atoms with Crippen molar-refractivity contribution < 1.29 is 9.53 Å². The van der Waals surface area contributed by atoms with Gasteiger partial charge in [-0.25, -0.2) is 4.98 Å². The zero-order chi connectivity index (χ0) is 12.3. The summed E-state index contributed by atoms with van der Waals surface area (Å²) in [5, 5.41) is 0.684. The van der Waals surface area contributed by atoms with Gasteiger partial charge in [0.05, 0.1) is 25.6 Å². The summed E-state index contributed by atoms with van der Waals surface area (Å²) < 4.78 is 6.41. The predicted molar refractivity (Wildman–Crippen MR) is 64.3 cm³/mol. The molecule has 4 nitrogen and oxygen atoms in total. The average molecular weight is 251 g/mol. The number of carbonyl (C=O) groups excluding carboxylic acids is 1. The van der Waals surface area contributed by atoms with Crippen LogP contribution in [0.2, 0.25) is 5.02 Å². The minimum Gasteiger partial charge on any atom is -0.469 e. The Labute approximate surface area is 104 Å². The summed E-state index contributed by atoms with van der Waals surface area (Å²) in [4.78, 5) is 15.2. The fourth-order valence-electron chi connectivity index (χ4n) is 1.43. The van der Waals surface area contributed by atoms with Crippen LogP contribution in [0.15, 0.2) is 36.8 Å². The first kappa shape index (κ1) is 11.7. The molecule has 0 amide bonds. The lowest BCUT2D eigenvalue weighted by Gasteiger charge is -2.00. The largest absolute Gasteiger partial charge is 0.469 e. The molecule has 0 spiro atoms. The molecule has 0 unspecified atom stereocenters. The van der Waals surface area contributed by atoms with Gasteiger partial charge in [0, 0.05) is 16.9 Å². The molecular weight excluding hydrogens is 240 g/mol. The quantitative estimate of drug-likeness (QED) is 0.785. The maximum Gasteiger partial charge on any atom is 0.311 e. The van der Waals surface area contributed by atoms with Gasteiger partial charge >= 0.3 is 5.97 Å². The Hall–Kier alpha value is -1.81. The van der Waals surface area contributed by atoms with Crippen molar-refractivity contribution in [3.05, 3.63) is 47.5 Å². The van der Waals surface area contributed by atoms with Crippen LogP contribution in [0, 0.1) is 0 Å². The Morgan fingerprint density at radius 2 is 2.12 bits per heavy atom. The van der Waals surface area contributed by atoms with Gasteiger partial charge < -0.3 is 9.30 Å². The van der Waals surface area contributed by atoms with Crippen LogP contribution < -0.4 is 0 Å². The molecule has 2 rings (SSSR count). The van der Waals surface area contributed by atoms with E-state index >= 15 is 0 Å². The van der Waals surface area contributed by atoms with E-state index in [1.54, 1.807) is 24.7 Å². The van der Waals surface area contributed by atoms with Crippen molar-refractivity contribution in [2.75, 3.05) is 7.11 Å². The Bertz CT molecular complexity index is 520. The summed E-state index contributed by atoms with van der Waals surface area (Å²) in [6, 6.07) is 7.37. The second-order valence-electron chi connectivity index (χ2n) is 3.50. The fraction of sp³-hybridized carbons (Fsp3) is 0.167. The van der Waals surface area contributed by atoms with Crippen LogP contribution in [0.1, 0.15) is 5.69 Å². The first-order valence-electron chi connectivity index (χ1n) is 5.04. The Kier molecular flexibility index (Phi) is 3.44. The predicted octanol–water partition coefficient (Wildman–Crippen LogP) is 2.24. The van der Waals surface area contributed by atoms with Gasteiger partial charge in [-0.1, -0.05) is 11.6 Å². The van der Waals surface area contributed by atoms with Gasteiger partial charge in [0.15, 0.2) is 0 Å². The summed E-state index contributed by atoms with van der Waals surface area (Å²) >= 11 is 5.81. The topological polar surface area (TPSA) is 44.1 Å². The SMILES string of the molecule is COC(=O)Cc1cn(-c2ccc(Cl)cc2)cn1. The zero-order valence-corrected chi connectivity index (χ0v) is 10.0. The van der Waals surface area contributed by atoms with Crippen molar-refractivity contribution in [1.82, 2.24) is 9.55 Å². The lowest BCUT2D eigenvalue weighted by molar-refractivity contribution is -0.139. The Balaban J connectivity index is 2.18. The van der Waals surface area contributed by atoms with E-state index in [4.69, 9.17) is 11.6 Å². The van der Waals surface area contributed by atoms with Crippen molar-refractivity contribution in [1.29, 1.82) is 0 Å². The Morgan fingerprint density at radius 3 is 2.76 bits per heavy atom. The molecule has 0 aliphatic rings. The van der Waals surface area contributed by atoms with Gasteiger partial charge in [-0.05, 0) is 24.3 Å². The molecule has 0 atom stereocenters. The number of nitrogens with zero attached hydrogens (tertiary/aromatic N) is 2. The fourth-order valence-corrected chi connectivity index (χ4v) is 1.56. The van der Waals surface area contributed by atoms with E-state index in [2.05, 4.69) is 9.72 Å². The number of imidazole rings is 1. The number of esters is 1.